The van der Waals surface area contributed by atoms with Crippen LogP contribution in [0.15, 0.2) is 47.5 Å². The molecule has 158 valence electrons. The van der Waals surface area contributed by atoms with Gasteiger partial charge in [-0.25, -0.2) is 0 Å². The van der Waals surface area contributed by atoms with E-state index >= 15 is 0 Å². The lowest BCUT2D eigenvalue weighted by Crippen LogP contribution is -2.23. The second kappa shape index (κ2) is 9.91. The van der Waals surface area contributed by atoms with Crippen molar-refractivity contribution in [1.82, 2.24) is 4.57 Å². The number of hydrogen-bond acceptors (Lipinski definition) is 5. The zero-order chi connectivity index (χ0) is 21.7. The molecule has 3 rings (SSSR count). The van der Waals surface area contributed by atoms with Gasteiger partial charge in [-0.2, -0.15) is 4.99 Å². The molecule has 2 aromatic carbocycles. The van der Waals surface area contributed by atoms with Crippen molar-refractivity contribution in [1.29, 1.82) is 0 Å². The zero-order valence-electron chi connectivity index (χ0n) is 17.2. The second-order valence-electron chi connectivity index (χ2n) is 6.52. The van der Waals surface area contributed by atoms with E-state index < -0.39 is 0 Å². The Balaban J connectivity index is 1.99. The largest absolute Gasteiger partial charge is 0.465 e. The summed E-state index contributed by atoms with van der Waals surface area (Å²) in [5.74, 6) is -0.749. The fourth-order valence-corrected chi connectivity index (χ4v) is 4.48. The van der Waals surface area contributed by atoms with Gasteiger partial charge in [0, 0.05) is 29.4 Å². The normalized spacial score (nSPS) is 11.7. The molecule has 0 N–H and O–H groups in total. The number of benzene rings is 2. The van der Waals surface area contributed by atoms with Crippen LogP contribution in [0, 0.1) is 0 Å². The average molecular weight is 446 g/mol. The van der Waals surface area contributed by atoms with Crippen molar-refractivity contribution >= 4 is 50.7 Å². The number of halogens is 1. The summed E-state index contributed by atoms with van der Waals surface area (Å²) in [6.07, 6.45) is 0. The lowest BCUT2D eigenvalue weighted by molar-refractivity contribution is -0.143. The molecule has 3 aromatic rings. The van der Waals surface area contributed by atoms with Crippen molar-refractivity contribution in [2.24, 2.45) is 4.99 Å². The van der Waals surface area contributed by atoms with E-state index in [-0.39, 0.29) is 25.0 Å². The maximum atomic E-state index is 12.8. The lowest BCUT2D eigenvalue weighted by Gasteiger charge is -2.20. The number of nitrogens with zero attached hydrogens (tertiary/aromatic N) is 3. The molecule has 1 aromatic heterocycles. The number of amides is 1. The Kier molecular flexibility index (Phi) is 7.29. The van der Waals surface area contributed by atoms with Crippen molar-refractivity contribution in [3.8, 4) is 0 Å². The van der Waals surface area contributed by atoms with Crippen molar-refractivity contribution in [2.45, 2.75) is 27.3 Å². The molecular weight excluding hydrogens is 422 g/mol. The summed E-state index contributed by atoms with van der Waals surface area (Å²) >= 11 is 7.42. The third kappa shape index (κ3) is 4.91. The highest BCUT2D eigenvalue weighted by Gasteiger charge is 2.13. The zero-order valence-corrected chi connectivity index (χ0v) is 18.8. The quantitative estimate of drug-likeness (QED) is 0.502. The Morgan fingerprint density at radius 3 is 2.43 bits per heavy atom. The Morgan fingerprint density at radius 2 is 1.80 bits per heavy atom. The monoisotopic (exact) mass is 445 g/mol. The number of hydrogen-bond donors (Lipinski definition) is 0. The molecule has 0 spiro atoms. The first-order valence-corrected chi connectivity index (χ1v) is 11.0. The Morgan fingerprint density at radius 1 is 1.10 bits per heavy atom. The molecule has 0 atom stereocenters. The van der Waals surface area contributed by atoms with Gasteiger partial charge in [-0.3, -0.25) is 9.59 Å². The molecule has 0 radical (unpaired) electrons. The molecule has 0 bridgehead atoms. The van der Waals surface area contributed by atoms with Crippen LogP contribution in [-0.2, 0) is 16.1 Å². The smallest absolute Gasteiger partial charge is 0.326 e. The number of anilines is 1. The van der Waals surface area contributed by atoms with E-state index in [1.165, 1.54) is 11.3 Å². The summed E-state index contributed by atoms with van der Waals surface area (Å²) in [5.41, 5.74) is 2.33. The highest BCUT2D eigenvalue weighted by molar-refractivity contribution is 7.16. The van der Waals surface area contributed by atoms with Crippen molar-refractivity contribution in [3.05, 3.63) is 57.9 Å². The minimum atomic E-state index is -0.385. The van der Waals surface area contributed by atoms with Gasteiger partial charge < -0.3 is 14.2 Å². The van der Waals surface area contributed by atoms with Gasteiger partial charge in [0.1, 0.15) is 6.54 Å². The topological polar surface area (TPSA) is 63.9 Å². The van der Waals surface area contributed by atoms with Gasteiger partial charge in [-0.15, -0.1) is 0 Å². The van der Waals surface area contributed by atoms with E-state index in [0.717, 1.165) is 29.0 Å². The minimum Gasteiger partial charge on any atom is -0.465 e. The first-order valence-electron chi connectivity index (χ1n) is 9.85. The fraction of sp³-hybridized carbons (Fsp3) is 0.318. The molecule has 0 unspecified atom stereocenters. The second-order valence-corrected chi connectivity index (χ2v) is 7.97. The molecule has 0 aliphatic carbocycles. The first kappa shape index (κ1) is 22.1. The number of carbonyl (C=O) groups excluding carboxylic acids is 2. The molecule has 8 heteroatoms. The molecule has 0 fully saturated rings. The van der Waals surface area contributed by atoms with Crippen LogP contribution in [0.3, 0.4) is 0 Å². The predicted octanol–water partition coefficient (Wildman–Crippen LogP) is 4.51. The van der Waals surface area contributed by atoms with Gasteiger partial charge in [-0.05, 0) is 63.2 Å². The van der Waals surface area contributed by atoms with Crippen molar-refractivity contribution in [3.63, 3.8) is 0 Å². The summed E-state index contributed by atoms with van der Waals surface area (Å²) in [5, 5.41) is 0.580. The molecule has 1 heterocycles. The Bertz CT molecular complexity index is 1110. The number of fused-ring (bicyclic) bond motifs is 1. The van der Waals surface area contributed by atoms with Crippen LogP contribution in [0.25, 0.3) is 10.2 Å². The maximum absolute atomic E-state index is 12.8. The number of thiazole rings is 1. The van der Waals surface area contributed by atoms with Crippen LogP contribution in [0.4, 0.5) is 5.69 Å². The molecule has 0 saturated heterocycles. The summed E-state index contributed by atoms with van der Waals surface area (Å²) in [4.78, 5) is 31.8. The van der Waals surface area contributed by atoms with E-state index in [1.54, 1.807) is 35.8 Å². The summed E-state index contributed by atoms with van der Waals surface area (Å²) < 4.78 is 7.61. The Hall–Kier alpha value is -2.64. The van der Waals surface area contributed by atoms with E-state index in [0.29, 0.717) is 15.4 Å². The Labute approximate surface area is 184 Å². The van der Waals surface area contributed by atoms with Gasteiger partial charge in [-0.1, -0.05) is 22.9 Å². The first-order chi connectivity index (χ1) is 14.5. The van der Waals surface area contributed by atoms with Gasteiger partial charge in [0.2, 0.25) is 0 Å². The molecular formula is C22H24ClN3O3S. The molecule has 6 nitrogen and oxygen atoms in total. The maximum Gasteiger partial charge on any atom is 0.326 e. The van der Waals surface area contributed by atoms with Gasteiger partial charge >= 0.3 is 5.97 Å². The number of rotatable bonds is 7. The van der Waals surface area contributed by atoms with Crippen LogP contribution < -0.4 is 9.70 Å². The molecule has 0 aliphatic heterocycles. The van der Waals surface area contributed by atoms with E-state index in [4.69, 9.17) is 16.3 Å². The lowest BCUT2D eigenvalue weighted by atomic mass is 10.2. The predicted molar refractivity (Wildman–Crippen MR) is 121 cm³/mol. The molecule has 0 saturated carbocycles. The third-order valence-corrected chi connectivity index (χ3v) is 5.95. The van der Waals surface area contributed by atoms with Gasteiger partial charge in [0.05, 0.1) is 16.8 Å². The SMILES string of the molecule is CCOC(=O)Cn1c(=NC(=O)c2ccc(N(CC)CC)cc2)sc2cc(Cl)ccc21. The van der Waals surface area contributed by atoms with E-state index in [1.807, 2.05) is 18.2 Å². The van der Waals surface area contributed by atoms with Crippen molar-refractivity contribution in [2.75, 3.05) is 24.6 Å². The van der Waals surface area contributed by atoms with Crippen molar-refractivity contribution < 1.29 is 14.3 Å². The summed E-state index contributed by atoms with van der Waals surface area (Å²) in [6.45, 7) is 7.99. The number of carbonyl (C=O) groups is 2. The summed E-state index contributed by atoms with van der Waals surface area (Å²) in [6, 6.07) is 12.8. The van der Waals surface area contributed by atoms with Crippen LogP contribution >= 0.6 is 22.9 Å². The van der Waals surface area contributed by atoms with Gasteiger partial charge in [0.15, 0.2) is 4.80 Å². The van der Waals surface area contributed by atoms with Gasteiger partial charge in [0.25, 0.3) is 5.91 Å². The molecule has 30 heavy (non-hydrogen) atoms. The third-order valence-electron chi connectivity index (χ3n) is 4.68. The minimum absolute atomic E-state index is 0.0253. The summed E-state index contributed by atoms with van der Waals surface area (Å²) in [7, 11) is 0. The van der Waals surface area contributed by atoms with Crippen LogP contribution in [0.1, 0.15) is 31.1 Å². The fourth-order valence-electron chi connectivity index (χ4n) is 3.18. The average Bonchev–Trinajstić information content (AvgIpc) is 3.05. The highest BCUT2D eigenvalue weighted by Crippen LogP contribution is 2.22. The molecule has 1 amide bonds. The highest BCUT2D eigenvalue weighted by atomic mass is 35.5. The van der Waals surface area contributed by atoms with E-state index in [2.05, 4.69) is 23.7 Å². The van der Waals surface area contributed by atoms with E-state index in [9.17, 15) is 9.59 Å². The number of ether oxygens (including phenoxy) is 1. The number of aromatic nitrogens is 1. The standard InChI is InChI=1S/C22H24ClN3O3S/c1-4-25(5-2)17-10-7-15(8-11-17)21(28)24-22-26(14-20(27)29-6-3)18-12-9-16(23)13-19(18)30-22/h7-13H,4-6,14H2,1-3H3. The molecule has 0 aliphatic rings. The number of esters is 1. The van der Waals surface area contributed by atoms with Crippen LogP contribution in [0.5, 0.6) is 0 Å². The van der Waals surface area contributed by atoms with Crippen LogP contribution in [0.2, 0.25) is 5.02 Å². The van der Waals surface area contributed by atoms with Crippen LogP contribution in [-0.4, -0.2) is 36.1 Å².